The minimum atomic E-state index is 0.857. The second-order valence-electron chi connectivity index (χ2n) is 2.12. The summed E-state index contributed by atoms with van der Waals surface area (Å²) >= 11 is 4.16. The molecule has 0 heterocycles. The molecule has 0 saturated carbocycles. The molecule has 9 heavy (non-hydrogen) atoms. The van der Waals surface area contributed by atoms with Crippen LogP contribution in [0.2, 0.25) is 0 Å². The predicted molar refractivity (Wildman–Crippen MR) is 47.0 cm³/mol. The normalized spacial score (nSPS) is 14.2. The van der Waals surface area contributed by atoms with Gasteiger partial charge in [0.25, 0.3) is 0 Å². The van der Waals surface area contributed by atoms with E-state index in [1.807, 2.05) is 13.0 Å². The van der Waals surface area contributed by atoms with Crippen LogP contribution < -0.4 is 0 Å². The zero-order valence-electron chi connectivity index (χ0n) is 6.31. The molecule has 0 radical (unpaired) electrons. The molecular weight excluding hydrogens is 128 g/mol. The first kappa shape index (κ1) is 8.83. The molecule has 0 aromatic heterocycles. The Morgan fingerprint density at radius 3 is 2.33 bits per heavy atom. The van der Waals surface area contributed by atoms with Gasteiger partial charge in [-0.3, -0.25) is 0 Å². The summed E-state index contributed by atoms with van der Waals surface area (Å²) in [6.45, 7) is 6.23. The van der Waals surface area contributed by atoms with Crippen LogP contribution >= 0.6 is 12.6 Å². The molecule has 0 saturated heterocycles. The molecule has 0 atom stereocenters. The lowest BCUT2D eigenvalue weighted by Gasteiger charge is -1.96. The Morgan fingerprint density at radius 1 is 1.44 bits per heavy atom. The summed E-state index contributed by atoms with van der Waals surface area (Å²) in [5.41, 5.74) is 2.67. The van der Waals surface area contributed by atoms with Crippen LogP contribution in [-0.4, -0.2) is 5.75 Å². The Hall–Kier alpha value is -0.170. The summed E-state index contributed by atoms with van der Waals surface area (Å²) in [7, 11) is 0. The third kappa shape index (κ3) is 3.41. The van der Waals surface area contributed by atoms with E-state index in [1.54, 1.807) is 0 Å². The van der Waals surface area contributed by atoms with Crippen LogP contribution in [0.25, 0.3) is 0 Å². The number of allylic oxidation sites excluding steroid dienone is 3. The maximum absolute atomic E-state index is 4.16. The monoisotopic (exact) mass is 142 g/mol. The van der Waals surface area contributed by atoms with Crippen LogP contribution in [0.5, 0.6) is 0 Å². The summed E-state index contributed by atoms with van der Waals surface area (Å²) in [5, 5.41) is 0. The summed E-state index contributed by atoms with van der Waals surface area (Å²) in [4.78, 5) is 0. The fraction of sp³-hybridized carbons (Fsp3) is 0.500. The molecule has 52 valence electrons. The molecule has 1 heteroatoms. The molecule has 0 aromatic rings. The molecule has 0 aromatic carbocycles. The zero-order chi connectivity index (χ0) is 7.28. The summed E-state index contributed by atoms with van der Waals surface area (Å²) in [6.07, 6.45) is 4.15. The van der Waals surface area contributed by atoms with E-state index in [4.69, 9.17) is 0 Å². The van der Waals surface area contributed by atoms with Crippen molar-refractivity contribution in [3.8, 4) is 0 Å². The highest BCUT2D eigenvalue weighted by Gasteiger charge is 1.87. The van der Waals surface area contributed by atoms with Crippen molar-refractivity contribution in [2.24, 2.45) is 0 Å². The van der Waals surface area contributed by atoms with Gasteiger partial charge in [-0.1, -0.05) is 23.3 Å². The highest BCUT2D eigenvalue weighted by molar-refractivity contribution is 7.80. The molecule has 0 spiro atoms. The van der Waals surface area contributed by atoms with Crippen LogP contribution in [-0.2, 0) is 0 Å². The molecule has 0 aliphatic carbocycles. The van der Waals surface area contributed by atoms with Crippen LogP contribution in [0.4, 0.5) is 0 Å². The van der Waals surface area contributed by atoms with Crippen molar-refractivity contribution in [1.29, 1.82) is 0 Å². The van der Waals surface area contributed by atoms with E-state index in [1.165, 1.54) is 11.1 Å². The number of thiol groups is 1. The van der Waals surface area contributed by atoms with E-state index in [-0.39, 0.29) is 0 Å². The highest BCUT2D eigenvalue weighted by Crippen LogP contribution is 2.05. The van der Waals surface area contributed by atoms with Gasteiger partial charge >= 0.3 is 0 Å². The maximum atomic E-state index is 4.16. The van der Waals surface area contributed by atoms with Crippen molar-refractivity contribution in [1.82, 2.24) is 0 Å². The van der Waals surface area contributed by atoms with Crippen molar-refractivity contribution >= 4 is 12.6 Å². The molecule has 0 rings (SSSR count). The molecule has 0 aliphatic heterocycles. The third-order valence-electron chi connectivity index (χ3n) is 1.33. The maximum Gasteiger partial charge on any atom is 0.0115 e. The van der Waals surface area contributed by atoms with E-state index < -0.39 is 0 Å². The van der Waals surface area contributed by atoms with Gasteiger partial charge in [-0.25, -0.2) is 0 Å². The van der Waals surface area contributed by atoms with Crippen molar-refractivity contribution in [2.75, 3.05) is 5.75 Å². The van der Waals surface area contributed by atoms with Gasteiger partial charge in [0, 0.05) is 5.75 Å². The van der Waals surface area contributed by atoms with Gasteiger partial charge in [0.15, 0.2) is 0 Å². The molecule has 0 bridgehead atoms. The fourth-order valence-corrected chi connectivity index (χ4v) is 0.766. The van der Waals surface area contributed by atoms with Crippen molar-refractivity contribution in [2.45, 2.75) is 20.8 Å². The molecule has 0 fully saturated rings. The first-order valence-electron chi connectivity index (χ1n) is 3.12. The van der Waals surface area contributed by atoms with Gasteiger partial charge in [0.1, 0.15) is 0 Å². The van der Waals surface area contributed by atoms with Crippen LogP contribution in [0, 0.1) is 0 Å². The standard InChI is InChI=1S/C8H14S/c1-4-5-7(2)8(3)6-9/h4-5,9H,6H2,1-3H3/b5-4-,8-7+. The van der Waals surface area contributed by atoms with Gasteiger partial charge in [-0.2, -0.15) is 12.6 Å². The average Bonchev–Trinajstić information content (AvgIpc) is 1.87. The first-order chi connectivity index (χ1) is 4.22. The van der Waals surface area contributed by atoms with E-state index in [2.05, 4.69) is 32.6 Å². The first-order valence-corrected chi connectivity index (χ1v) is 3.75. The summed E-state index contributed by atoms with van der Waals surface area (Å²) < 4.78 is 0. The predicted octanol–water partition coefficient (Wildman–Crippen LogP) is 2.83. The Bertz CT molecular complexity index is 132. The minimum Gasteiger partial charge on any atom is -0.175 e. The van der Waals surface area contributed by atoms with Gasteiger partial charge in [-0.15, -0.1) is 0 Å². The Kier molecular flexibility index (Phi) is 4.60. The summed E-state index contributed by atoms with van der Waals surface area (Å²) in [5.74, 6) is 0.857. The lowest BCUT2D eigenvalue weighted by Crippen LogP contribution is -1.80. The highest BCUT2D eigenvalue weighted by atomic mass is 32.1. The molecule has 0 N–H and O–H groups in total. The van der Waals surface area contributed by atoms with Gasteiger partial charge in [0.05, 0.1) is 0 Å². The largest absolute Gasteiger partial charge is 0.175 e. The molecule has 0 nitrogen and oxygen atoms in total. The average molecular weight is 142 g/mol. The van der Waals surface area contributed by atoms with Gasteiger partial charge in [-0.05, 0) is 20.8 Å². The van der Waals surface area contributed by atoms with Gasteiger partial charge in [0.2, 0.25) is 0 Å². The second-order valence-corrected chi connectivity index (χ2v) is 2.44. The molecule has 0 unspecified atom stereocenters. The van der Waals surface area contributed by atoms with Crippen molar-refractivity contribution in [3.05, 3.63) is 23.3 Å². The quantitative estimate of drug-likeness (QED) is 0.445. The fourth-order valence-electron chi connectivity index (χ4n) is 0.517. The van der Waals surface area contributed by atoms with Crippen LogP contribution in [0.15, 0.2) is 23.3 Å². The van der Waals surface area contributed by atoms with Crippen LogP contribution in [0.3, 0.4) is 0 Å². The smallest absolute Gasteiger partial charge is 0.0115 e. The van der Waals surface area contributed by atoms with E-state index in [9.17, 15) is 0 Å². The Morgan fingerprint density at radius 2 is 2.00 bits per heavy atom. The molecule has 0 amide bonds. The number of hydrogen-bond donors (Lipinski definition) is 1. The Labute approximate surface area is 63.1 Å². The second kappa shape index (κ2) is 4.68. The van der Waals surface area contributed by atoms with Crippen molar-refractivity contribution in [3.63, 3.8) is 0 Å². The van der Waals surface area contributed by atoms with Crippen LogP contribution in [0.1, 0.15) is 20.8 Å². The third-order valence-corrected chi connectivity index (χ3v) is 1.80. The molecular formula is C8H14S. The number of rotatable bonds is 2. The van der Waals surface area contributed by atoms with E-state index >= 15 is 0 Å². The minimum absolute atomic E-state index is 0.857. The lowest BCUT2D eigenvalue weighted by atomic mass is 10.2. The summed E-state index contributed by atoms with van der Waals surface area (Å²) in [6, 6.07) is 0. The van der Waals surface area contributed by atoms with E-state index in [0.717, 1.165) is 5.75 Å². The SMILES string of the molecule is C/C=C\C(C)=C(/C)CS. The zero-order valence-corrected chi connectivity index (χ0v) is 7.20. The van der Waals surface area contributed by atoms with Crippen molar-refractivity contribution < 1.29 is 0 Å². The van der Waals surface area contributed by atoms with E-state index in [0.29, 0.717) is 0 Å². The lowest BCUT2D eigenvalue weighted by molar-refractivity contribution is 1.30. The molecule has 0 aliphatic rings. The van der Waals surface area contributed by atoms with Gasteiger partial charge < -0.3 is 0 Å². The topological polar surface area (TPSA) is 0 Å². The number of hydrogen-bond acceptors (Lipinski definition) is 1. The Balaban J connectivity index is 4.10.